The monoisotopic (exact) mass is 378 g/mol. The van der Waals surface area contributed by atoms with Crippen LogP contribution in [-0.2, 0) is 11.0 Å². The van der Waals surface area contributed by atoms with E-state index < -0.39 is 17.7 Å². The number of nitrogens with two attached hydrogens (primary N) is 1. The second-order valence-electron chi connectivity index (χ2n) is 6.61. The fourth-order valence-electron chi connectivity index (χ4n) is 3.35. The zero-order valence-electron chi connectivity index (χ0n) is 14.6. The van der Waals surface area contributed by atoms with Gasteiger partial charge < -0.3 is 10.6 Å². The van der Waals surface area contributed by atoms with Crippen LogP contribution >= 0.6 is 12.4 Å². The third kappa shape index (κ3) is 5.35. The first-order valence-electron chi connectivity index (χ1n) is 8.45. The molecule has 3 nitrogen and oxygen atoms in total. The van der Waals surface area contributed by atoms with Gasteiger partial charge in [0.2, 0.25) is 5.91 Å². The molecule has 142 valence electrons. The van der Waals surface area contributed by atoms with Crippen molar-refractivity contribution < 1.29 is 18.0 Å². The number of nitrogens with zero attached hydrogens (tertiary/aromatic N) is 1. The molecular weight excluding hydrogens is 353 g/mol. The van der Waals surface area contributed by atoms with E-state index in [2.05, 4.69) is 0 Å². The Hall–Kier alpha value is -1.27. The summed E-state index contributed by atoms with van der Waals surface area (Å²) in [5, 5.41) is 0. The minimum absolute atomic E-state index is 0. The summed E-state index contributed by atoms with van der Waals surface area (Å²) in [6.45, 7) is 5.05. The van der Waals surface area contributed by atoms with Crippen molar-refractivity contribution in [3.8, 4) is 0 Å². The number of likely N-dealkylation sites (tertiary alicyclic amines) is 1. The quantitative estimate of drug-likeness (QED) is 0.853. The van der Waals surface area contributed by atoms with Crippen molar-refractivity contribution in [2.45, 2.75) is 51.2 Å². The molecule has 1 aromatic carbocycles. The number of amides is 1. The minimum atomic E-state index is -4.40. The van der Waals surface area contributed by atoms with Gasteiger partial charge in [-0.15, -0.1) is 12.4 Å². The van der Waals surface area contributed by atoms with E-state index in [9.17, 15) is 18.0 Å². The highest BCUT2D eigenvalue weighted by atomic mass is 35.5. The van der Waals surface area contributed by atoms with Gasteiger partial charge >= 0.3 is 6.18 Å². The third-order valence-corrected chi connectivity index (χ3v) is 4.92. The maximum atomic E-state index is 12.9. The van der Waals surface area contributed by atoms with Crippen LogP contribution in [0.1, 0.15) is 50.2 Å². The van der Waals surface area contributed by atoms with Gasteiger partial charge in [-0.1, -0.05) is 25.1 Å². The Bertz CT molecular complexity index is 570. The molecule has 0 saturated carbocycles. The highest BCUT2D eigenvalue weighted by Gasteiger charge is 2.33. The molecule has 7 heteroatoms. The van der Waals surface area contributed by atoms with Crippen LogP contribution in [0.2, 0.25) is 0 Å². The summed E-state index contributed by atoms with van der Waals surface area (Å²) in [5.41, 5.74) is 5.64. The highest BCUT2D eigenvalue weighted by molar-refractivity contribution is 5.85. The predicted octanol–water partition coefficient (Wildman–Crippen LogP) is 4.21. The Labute approximate surface area is 153 Å². The average Bonchev–Trinajstić information content (AvgIpc) is 2.55. The van der Waals surface area contributed by atoms with Gasteiger partial charge in [-0.05, 0) is 43.7 Å². The molecule has 2 rings (SSSR count). The van der Waals surface area contributed by atoms with Gasteiger partial charge in [0.1, 0.15) is 0 Å². The molecule has 1 fully saturated rings. The summed E-state index contributed by atoms with van der Waals surface area (Å²) in [5.74, 6) is -0.207. The van der Waals surface area contributed by atoms with E-state index in [1.807, 2.05) is 13.8 Å². The first-order valence-corrected chi connectivity index (χ1v) is 8.45. The van der Waals surface area contributed by atoms with Crippen LogP contribution in [0, 0.1) is 5.92 Å². The van der Waals surface area contributed by atoms with Crippen molar-refractivity contribution in [3.05, 3.63) is 35.4 Å². The Morgan fingerprint density at radius 2 is 1.92 bits per heavy atom. The maximum absolute atomic E-state index is 12.9. The Kier molecular flexibility index (Phi) is 7.75. The number of alkyl halides is 3. The predicted molar refractivity (Wildman–Crippen MR) is 94.7 cm³/mol. The first kappa shape index (κ1) is 21.8. The first-order chi connectivity index (χ1) is 11.2. The summed E-state index contributed by atoms with van der Waals surface area (Å²) in [7, 11) is 0. The molecule has 1 saturated heterocycles. The van der Waals surface area contributed by atoms with E-state index in [4.69, 9.17) is 5.73 Å². The molecule has 1 aliphatic rings. The number of benzene rings is 1. The number of carbonyl (C=O) groups excluding carboxylic acids is 1. The summed E-state index contributed by atoms with van der Waals surface area (Å²) in [6.07, 6.45) is -2.22. The van der Waals surface area contributed by atoms with Crippen LogP contribution in [0.4, 0.5) is 13.2 Å². The summed E-state index contributed by atoms with van der Waals surface area (Å²) >= 11 is 0. The van der Waals surface area contributed by atoms with Crippen molar-refractivity contribution in [1.82, 2.24) is 4.90 Å². The molecular formula is C18H26ClF3N2O. The van der Waals surface area contributed by atoms with E-state index in [1.165, 1.54) is 6.07 Å². The van der Waals surface area contributed by atoms with Crippen molar-refractivity contribution in [3.63, 3.8) is 0 Å². The second kappa shape index (κ2) is 8.90. The van der Waals surface area contributed by atoms with Crippen molar-refractivity contribution in [2.75, 3.05) is 13.1 Å². The molecule has 1 aliphatic heterocycles. The molecule has 0 radical (unpaired) electrons. The number of hydrogen-bond acceptors (Lipinski definition) is 2. The van der Waals surface area contributed by atoms with Gasteiger partial charge in [0.15, 0.2) is 0 Å². The maximum Gasteiger partial charge on any atom is 0.416 e. The van der Waals surface area contributed by atoms with E-state index >= 15 is 0 Å². The van der Waals surface area contributed by atoms with Gasteiger partial charge in [-0.2, -0.15) is 13.2 Å². The fourth-order valence-corrected chi connectivity index (χ4v) is 3.35. The lowest BCUT2D eigenvalue weighted by Crippen LogP contribution is -2.44. The van der Waals surface area contributed by atoms with E-state index in [0.717, 1.165) is 25.0 Å². The summed E-state index contributed by atoms with van der Waals surface area (Å²) in [4.78, 5) is 14.6. The zero-order chi connectivity index (χ0) is 17.9. The topological polar surface area (TPSA) is 46.3 Å². The van der Waals surface area contributed by atoms with Crippen molar-refractivity contribution >= 4 is 18.3 Å². The number of rotatable bonds is 4. The third-order valence-electron chi connectivity index (χ3n) is 4.92. The van der Waals surface area contributed by atoms with Crippen molar-refractivity contribution in [2.24, 2.45) is 11.7 Å². The van der Waals surface area contributed by atoms with Gasteiger partial charge in [0, 0.05) is 19.1 Å². The van der Waals surface area contributed by atoms with E-state index in [0.29, 0.717) is 31.0 Å². The van der Waals surface area contributed by atoms with Crippen LogP contribution in [0.25, 0.3) is 0 Å². The smallest absolute Gasteiger partial charge is 0.342 e. The van der Waals surface area contributed by atoms with Crippen LogP contribution < -0.4 is 5.73 Å². The fraction of sp³-hybridized carbons (Fsp3) is 0.611. The highest BCUT2D eigenvalue weighted by Crippen LogP contribution is 2.33. The van der Waals surface area contributed by atoms with E-state index in [1.54, 1.807) is 11.0 Å². The lowest BCUT2D eigenvalue weighted by atomic mass is 9.88. The molecule has 0 bridgehead atoms. The SMILES string of the molecule is CCC(C(=O)N1CCC(C(C)N)CC1)c1cccc(C(F)(F)F)c1.Cl. The Balaban J connectivity index is 0.00000312. The summed E-state index contributed by atoms with van der Waals surface area (Å²) < 4.78 is 38.7. The molecule has 2 N–H and O–H groups in total. The van der Waals surface area contributed by atoms with Gasteiger partial charge in [-0.3, -0.25) is 4.79 Å². The standard InChI is InChI=1S/C18H25F3N2O.ClH/c1-3-16(14-5-4-6-15(11-14)18(19,20)21)17(24)23-9-7-13(8-10-23)12(2)22;/h4-6,11-13,16H,3,7-10,22H2,1-2H3;1H. The molecule has 2 atom stereocenters. The molecule has 0 aliphatic carbocycles. The Morgan fingerprint density at radius 3 is 2.40 bits per heavy atom. The van der Waals surface area contributed by atoms with Crippen LogP contribution in [0.15, 0.2) is 24.3 Å². The molecule has 2 unspecified atom stereocenters. The minimum Gasteiger partial charge on any atom is -0.342 e. The second-order valence-corrected chi connectivity index (χ2v) is 6.61. The normalized spacial score (nSPS) is 18.4. The molecule has 25 heavy (non-hydrogen) atoms. The van der Waals surface area contributed by atoms with E-state index in [-0.39, 0.29) is 24.4 Å². The van der Waals surface area contributed by atoms with Crippen LogP contribution in [0.3, 0.4) is 0 Å². The molecule has 1 aromatic rings. The number of carbonyl (C=O) groups is 1. The molecule has 1 amide bonds. The van der Waals surface area contributed by atoms with Gasteiger partial charge in [-0.25, -0.2) is 0 Å². The summed E-state index contributed by atoms with van der Waals surface area (Å²) in [6, 6.07) is 5.22. The number of halogens is 4. The lowest BCUT2D eigenvalue weighted by molar-refractivity contribution is -0.138. The van der Waals surface area contributed by atoms with Gasteiger partial charge in [0.25, 0.3) is 0 Å². The average molecular weight is 379 g/mol. The van der Waals surface area contributed by atoms with Gasteiger partial charge in [0.05, 0.1) is 11.5 Å². The largest absolute Gasteiger partial charge is 0.416 e. The number of hydrogen-bond donors (Lipinski definition) is 1. The Morgan fingerprint density at radius 1 is 1.32 bits per heavy atom. The molecule has 1 heterocycles. The molecule has 0 spiro atoms. The number of piperidine rings is 1. The van der Waals surface area contributed by atoms with Crippen molar-refractivity contribution in [1.29, 1.82) is 0 Å². The van der Waals surface area contributed by atoms with Crippen LogP contribution in [0.5, 0.6) is 0 Å². The zero-order valence-corrected chi connectivity index (χ0v) is 15.4. The van der Waals surface area contributed by atoms with Crippen LogP contribution in [-0.4, -0.2) is 29.9 Å². The molecule has 0 aromatic heterocycles. The lowest BCUT2D eigenvalue weighted by Gasteiger charge is -2.35.